The molecule has 1 aromatic rings. The van der Waals surface area contributed by atoms with Crippen LogP contribution >= 0.6 is 11.6 Å². The van der Waals surface area contributed by atoms with Gasteiger partial charge in [0.2, 0.25) is 0 Å². The quantitative estimate of drug-likeness (QED) is 0.759. The molecule has 0 radical (unpaired) electrons. The van der Waals surface area contributed by atoms with E-state index in [1.165, 1.54) is 12.8 Å². The molecule has 0 bridgehead atoms. The van der Waals surface area contributed by atoms with Crippen molar-refractivity contribution in [3.05, 3.63) is 29.3 Å². The van der Waals surface area contributed by atoms with Gasteiger partial charge in [-0.15, -0.1) is 0 Å². The SMILES string of the molecule is O=C(CCC1CC1)COc1ccc(Cl)cc1. The first-order valence-corrected chi connectivity index (χ1v) is 6.02. The lowest BCUT2D eigenvalue weighted by molar-refractivity contribution is -0.121. The van der Waals surface area contributed by atoms with E-state index in [4.69, 9.17) is 16.3 Å². The third-order valence-corrected chi connectivity index (χ3v) is 2.99. The summed E-state index contributed by atoms with van der Waals surface area (Å²) >= 11 is 5.74. The van der Waals surface area contributed by atoms with Crippen LogP contribution in [0.3, 0.4) is 0 Å². The smallest absolute Gasteiger partial charge is 0.170 e. The fraction of sp³-hybridized carbons (Fsp3) is 0.462. The Balaban J connectivity index is 1.69. The number of ether oxygens (including phenoxy) is 1. The molecule has 16 heavy (non-hydrogen) atoms. The van der Waals surface area contributed by atoms with Crippen LogP contribution < -0.4 is 4.74 Å². The van der Waals surface area contributed by atoms with Crippen LogP contribution in [-0.2, 0) is 4.79 Å². The van der Waals surface area contributed by atoms with Gasteiger partial charge in [-0.1, -0.05) is 24.4 Å². The van der Waals surface area contributed by atoms with Gasteiger partial charge in [-0.25, -0.2) is 0 Å². The van der Waals surface area contributed by atoms with Crippen LogP contribution in [0.15, 0.2) is 24.3 Å². The summed E-state index contributed by atoms with van der Waals surface area (Å²) in [5.41, 5.74) is 0. The maximum atomic E-state index is 11.5. The monoisotopic (exact) mass is 238 g/mol. The van der Waals surface area contributed by atoms with E-state index in [2.05, 4.69) is 0 Å². The Labute approximate surface area is 101 Å². The number of Topliss-reactive ketones (excluding diaryl/α,β-unsaturated/α-hetero) is 1. The summed E-state index contributed by atoms with van der Waals surface area (Å²) in [5, 5.41) is 0.674. The van der Waals surface area contributed by atoms with Gasteiger partial charge in [0.15, 0.2) is 5.78 Å². The molecule has 0 saturated heterocycles. The standard InChI is InChI=1S/C13H15ClO2/c14-11-4-7-13(8-5-11)16-9-12(15)6-3-10-1-2-10/h4-5,7-8,10H,1-3,6,9H2. The van der Waals surface area contributed by atoms with E-state index in [1.807, 2.05) is 0 Å². The van der Waals surface area contributed by atoms with Gasteiger partial charge in [-0.3, -0.25) is 4.79 Å². The van der Waals surface area contributed by atoms with Crippen molar-refractivity contribution in [2.24, 2.45) is 5.92 Å². The fourth-order valence-corrected chi connectivity index (χ4v) is 1.66. The molecule has 86 valence electrons. The first kappa shape index (κ1) is 11.5. The molecular formula is C13H15ClO2. The Hall–Kier alpha value is -1.02. The van der Waals surface area contributed by atoms with Crippen LogP contribution in [0, 0.1) is 5.92 Å². The maximum Gasteiger partial charge on any atom is 0.170 e. The summed E-state index contributed by atoms with van der Waals surface area (Å²) in [6.45, 7) is 0.175. The lowest BCUT2D eigenvalue weighted by atomic mass is 10.2. The van der Waals surface area contributed by atoms with Crippen molar-refractivity contribution in [3.63, 3.8) is 0 Å². The molecule has 0 heterocycles. The normalized spacial score (nSPS) is 14.8. The Morgan fingerprint density at radius 3 is 2.62 bits per heavy atom. The highest BCUT2D eigenvalue weighted by Crippen LogP contribution is 2.33. The molecule has 0 unspecified atom stereocenters. The summed E-state index contributed by atoms with van der Waals surface area (Å²) in [6, 6.07) is 7.06. The number of ketones is 1. The average molecular weight is 239 g/mol. The largest absolute Gasteiger partial charge is 0.486 e. The molecule has 0 spiro atoms. The molecule has 1 saturated carbocycles. The topological polar surface area (TPSA) is 26.3 Å². The Kier molecular flexibility index (Phi) is 3.83. The summed E-state index contributed by atoms with van der Waals surface area (Å²) in [4.78, 5) is 11.5. The first-order valence-electron chi connectivity index (χ1n) is 5.64. The highest BCUT2D eigenvalue weighted by atomic mass is 35.5. The summed E-state index contributed by atoms with van der Waals surface area (Å²) in [7, 11) is 0. The van der Waals surface area contributed by atoms with Gasteiger partial charge in [-0.2, -0.15) is 0 Å². The van der Waals surface area contributed by atoms with Crippen molar-refractivity contribution in [2.45, 2.75) is 25.7 Å². The summed E-state index contributed by atoms with van der Waals surface area (Å²) < 4.78 is 5.37. The third kappa shape index (κ3) is 3.86. The molecule has 1 aromatic carbocycles. The Bertz CT molecular complexity index is 355. The minimum atomic E-state index is 0.175. The second-order valence-corrected chi connectivity index (χ2v) is 4.70. The third-order valence-electron chi connectivity index (χ3n) is 2.74. The zero-order chi connectivity index (χ0) is 11.4. The molecule has 0 aliphatic heterocycles. The van der Waals surface area contributed by atoms with E-state index in [-0.39, 0.29) is 12.4 Å². The molecule has 0 aromatic heterocycles. The van der Waals surface area contributed by atoms with Crippen molar-refractivity contribution >= 4 is 17.4 Å². The number of hydrogen-bond donors (Lipinski definition) is 0. The zero-order valence-corrected chi connectivity index (χ0v) is 9.87. The van der Waals surface area contributed by atoms with E-state index >= 15 is 0 Å². The van der Waals surface area contributed by atoms with Crippen LogP contribution in [0.2, 0.25) is 5.02 Å². The predicted molar refractivity (Wildman–Crippen MR) is 63.9 cm³/mol. The summed E-state index contributed by atoms with van der Waals surface area (Å²) in [6.07, 6.45) is 4.28. The second-order valence-electron chi connectivity index (χ2n) is 4.26. The molecule has 3 heteroatoms. The first-order chi connectivity index (χ1) is 7.74. The predicted octanol–water partition coefficient (Wildman–Crippen LogP) is 3.48. The Morgan fingerprint density at radius 2 is 2.00 bits per heavy atom. The number of halogens is 1. The summed E-state index contributed by atoms with van der Waals surface area (Å²) in [5.74, 6) is 1.69. The molecular weight excluding hydrogens is 224 g/mol. The van der Waals surface area contributed by atoms with Crippen molar-refractivity contribution in [1.29, 1.82) is 0 Å². The van der Waals surface area contributed by atoms with Crippen LogP contribution in [0.1, 0.15) is 25.7 Å². The van der Waals surface area contributed by atoms with Gasteiger partial charge < -0.3 is 4.74 Å². The van der Waals surface area contributed by atoms with Crippen molar-refractivity contribution in [1.82, 2.24) is 0 Å². The van der Waals surface area contributed by atoms with Crippen LogP contribution in [0.25, 0.3) is 0 Å². The number of hydrogen-bond acceptors (Lipinski definition) is 2. The fourth-order valence-electron chi connectivity index (χ4n) is 1.54. The maximum absolute atomic E-state index is 11.5. The van der Waals surface area contributed by atoms with Crippen LogP contribution in [0.5, 0.6) is 5.75 Å². The molecule has 0 atom stereocenters. The van der Waals surface area contributed by atoms with Crippen molar-refractivity contribution < 1.29 is 9.53 Å². The molecule has 2 nitrogen and oxygen atoms in total. The lowest BCUT2D eigenvalue weighted by Crippen LogP contribution is -2.11. The lowest BCUT2D eigenvalue weighted by Gasteiger charge is -2.05. The van der Waals surface area contributed by atoms with E-state index in [0.717, 1.165) is 12.3 Å². The van der Waals surface area contributed by atoms with E-state index in [1.54, 1.807) is 24.3 Å². The van der Waals surface area contributed by atoms with Crippen LogP contribution in [-0.4, -0.2) is 12.4 Å². The number of carbonyl (C=O) groups is 1. The zero-order valence-electron chi connectivity index (χ0n) is 9.12. The van der Waals surface area contributed by atoms with Gasteiger partial charge in [0.25, 0.3) is 0 Å². The van der Waals surface area contributed by atoms with Gasteiger partial charge >= 0.3 is 0 Å². The molecule has 1 fully saturated rings. The van der Waals surface area contributed by atoms with Gasteiger partial charge in [0.1, 0.15) is 12.4 Å². The molecule has 1 aliphatic rings. The van der Waals surface area contributed by atoms with E-state index < -0.39 is 0 Å². The number of benzene rings is 1. The Morgan fingerprint density at radius 1 is 1.31 bits per heavy atom. The van der Waals surface area contributed by atoms with Gasteiger partial charge in [0, 0.05) is 11.4 Å². The van der Waals surface area contributed by atoms with Crippen LogP contribution in [0.4, 0.5) is 0 Å². The van der Waals surface area contributed by atoms with Crippen molar-refractivity contribution in [3.8, 4) is 5.75 Å². The molecule has 0 amide bonds. The van der Waals surface area contributed by atoms with E-state index in [9.17, 15) is 4.79 Å². The highest BCUT2D eigenvalue weighted by Gasteiger charge is 2.21. The minimum Gasteiger partial charge on any atom is -0.486 e. The van der Waals surface area contributed by atoms with E-state index in [0.29, 0.717) is 17.2 Å². The number of rotatable bonds is 6. The van der Waals surface area contributed by atoms with Gasteiger partial charge in [-0.05, 0) is 36.6 Å². The molecule has 1 aliphatic carbocycles. The molecule has 2 rings (SSSR count). The average Bonchev–Trinajstić information content (AvgIpc) is 3.09. The minimum absolute atomic E-state index is 0.175. The highest BCUT2D eigenvalue weighted by molar-refractivity contribution is 6.30. The second kappa shape index (κ2) is 5.35. The van der Waals surface area contributed by atoms with Gasteiger partial charge in [0.05, 0.1) is 0 Å². The van der Waals surface area contributed by atoms with Crippen molar-refractivity contribution in [2.75, 3.05) is 6.61 Å². The molecule has 0 N–H and O–H groups in total. The number of carbonyl (C=O) groups excluding carboxylic acids is 1.